The Kier molecular flexibility index (Phi) is 12.6. The number of benzene rings is 4. The van der Waals surface area contributed by atoms with E-state index < -0.39 is 5.91 Å². The lowest BCUT2D eigenvalue weighted by Crippen LogP contribution is -3.00. The highest BCUT2D eigenvalue weighted by Gasteiger charge is 2.31. The van der Waals surface area contributed by atoms with Crippen LogP contribution in [0.3, 0.4) is 0 Å². The lowest BCUT2D eigenvalue weighted by Gasteiger charge is -2.10. The smallest absolute Gasteiger partial charge is 0.342 e. The van der Waals surface area contributed by atoms with Crippen LogP contribution in [-0.2, 0) is 16.1 Å². The third-order valence-corrected chi connectivity index (χ3v) is 8.87. The predicted molar refractivity (Wildman–Crippen MR) is 185 cm³/mol. The molecule has 7 nitrogen and oxygen atoms in total. The van der Waals surface area contributed by atoms with E-state index in [1.807, 2.05) is 66.1 Å². The highest BCUT2D eigenvalue weighted by Crippen LogP contribution is 2.35. The number of carbonyl (C=O) groups is 2. The fourth-order valence-electron chi connectivity index (χ4n) is 4.41. The summed E-state index contributed by atoms with van der Waals surface area (Å²) in [7, 11) is 0. The Morgan fingerprint density at radius 1 is 0.761 bits per heavy atom. The van der Waals surface area contributed by atoms with Gasteiger partial charge >= 0.3 is 5.16 Å². The van der Waals surface area contributed by atoms with Gasteiger partial charge in [-0.25, -0.2) is 0 Å². The number of aromatic nitrogens is 3. The number of anilines is 2. The lowest BCUT2D eigenvalue weighted by atomic mass is 10.2. The molecule has 5 rings (SSSR count). The van der Waals surface area contributed by atoms with E-state index in [4.69, 9.17) is 74.7 Å². The van der Waals surface area contributed by atoms with Gasteiger partial charge in [0.1, 0.15) is 5.69 Å². The number of hydrogen-bond donors (Lipinski definition) is 2. The largest absolute Gasteiger partial charge is 1.00 e. The van der Waals surface area contributed by atoms with Crippen LogP contribution < -0.4 is 27.6 Å². The van der Waals surface area contributed by atoms with Gasteiger partial charge in [0.25, 0.3) is 11.7 Å². The van der Waals surface area contributed by atoms with Gasteiger partial charge in [0.15, 0.2) is 6.54 Å². The number of halogens is 7. The molecule has 4 aromatic carbocycles. The first-order valence-electron chi connectivity index (χ1n) is 13.2. The Balaban J connectivity index is 0.00000480. The van der Waals surface area contributed by atoms with Crippen molar-refractivity contribution in [1.82, 2.24) is 9.78 Å². The van der Waals surface area contributed by atoms with E-state index in [1.54, 1.807) is 4.68 Å². The topological polar surface area (TPSA) is 79.9 Å². The van der Waals surface area contributed by atoms with Gasteiger partial charge in [-0.2, -0.15) is 4.57 Å². The molecule has 15 heteroatoms. The fraction of sp³-hybridized carbons (Fsp3) is 0.0968. The number of aryl methyl sites for hydroxylation is 1. The zero-order valence-electron chi connectivity index (χ0n) is 23.6. The van der Waals surface area contributed by atoms with Crippen molar-refractivity contribution in [2.24, 2.45) is 0 Å². The van der Waals surface area contributed by atoms with Crippen molar-refractivity contribution in [3.8, 4) is 17.1 Å². The maximum atomic E-state index is 13.4. The summed E-state index contributed by atoms with van der Waals surface area (Å²) in [6, 6.07) is 23.3. The third kappa shape index (κ3) is 8.62. The van der Waals surface area contributed by atoms with E-state index in [-0.39, 0.29) is 62.1 Å². The molecular formula is C31H22Cl7N5O2S. The van der Waals surface area contributed by atoms with Crippen LogP contribution in [0.1, 0.15) is 5.56 Å². The SMILES string of the molecule is Cc1cccc(-[n+]2c(SCC(=O)Nc3c(Cl)cc(Cl)cc3Cl)nn(CC(=O)Nc3c(Cl)cc(Cl)cc3Cl)c2-c2ccccc2)c1.[Cl-]. The first-order chi connectivity index (χ1) is 21.5. The molecule has 0 aliphatic carbocycles. The Bertz CT molecular complexity index is 1880. The van der Waals surface area contributed by atoms with Gasteiger partial charge in [-0.3, -0.25) is 9.59 Å². The van der Waals surface area contributed by atoms with E-state index in [0.29, 0.717) is 21.0 Å². The Morgan fingerprint density at radius 3 is 1.85 bits per heavy atom. The number of carbonyl (C=O) groups excluding carboxylic acids is 2. The van der Waals surface area contributed by atoms with E-state index in [0.717, 1.165) is 16.8 Å². The molecule has 46 heavy (non-hydrogen) atoms. The molecule has 2 amide bonds. The summed E-state index contributed by atoms with van der Waals surface area (Å²) in [5, 5.41) is 12.3. The van der Waals surface area contributed by atoms with Crippen molar-refractivity contribution >= 4 is 105 Å². The van der Waals surface area contributed by atoms with Crippen LogP contribution in [0, 0.1) is 6.92 Å². The highest BCUT2D eigenvalue weighted by molar-refractivity contribution is 7.99. The van der Waals surface area contributed by atoms with Crippen molar-refractivity contribution in [1.29, 1.82) is 0 Å². The summed E-state index contributed by atoms with van der Waals surface area (Å²) in [6.07, 6.45) is 0. The van der Waals surface area contributed by atoms with Crippen LogP contribution in [0.4, 0.5) is 11.4 Å². The van der Waals surface area contributed by atoms with Crippen LogP contribution in [0.2, 0.25) is 30.1 Å². The average Bonchev–Trinajstić information content (AvgIpc) is 3.34. The minimum atomic E-state index is -0.432. The van der Waals surface area contributed by atoms with Gasteiger partial charge in [0, 0.05) is 10.0 Å². The van der Waals surface area contributed by atoms with Gasteiger partial charge in [-0.15, -0.1) is 0 Å². The first-order valence-corrected chi connectivity index (χ1v) is 16.4. The van der Waals surface area contributed by atoms with E-state index >= 15 is 0 Å². The summed E-state index contributed by atoms with van der Waals surface area (Å²) in [5.74, 6) is -0.244. The molecule has 1 heterocycles. The average molecular weight is 777 g/mol. The first kappa shape index (κ1) is 36.2. The van der Waals surface area contributed by atoms with E-state index in [1.165, 1.54) is 36.0 Å². The van der Waals surface area contributed by atoms with Crippen molar-refractivity contribution in [3.05, 3.63) is 115 Å². The van der Waals surface area contributed by atoms with Crippen molar-refractivity contribution in [3.63, 3.8) is 0 Å². The monoisotopic (exact) mass is 773 g/mol. The van der Waals surface area contributed by atoms with Crippen LogP contribution in [-0.4, -0.2) is 27.3 Å². The molecule has 0 aliphatic rings. The van der Waals surface area contributed by atoms with Crippen molar-refractivity contribution in [2.75, 3.05) is 16.4 Å². The summed E-state index contributed by atoms with van der Waals surface area (Å²) in [4.78, 5) is 26.5. The van der Waals surface area contributed by atoms with Gasteiger partial charge < -0.3 is 23.0 Å². The van der Waals surface area contributed by atoms with Gasteiger partial charge in [0.2, 0.25) is 5.91 Å². The van der Waals surface area contributed by atoms with E-state index in [9.17, 15) is 9.59 Å². The Hall–Kier alpha value is -2.66. The van der Waals surface area contributed by atoms with Crippen molar-refractivity contribution in [2.45, 2.75) is 18.6 Å². The molecule has 2 N–H and O–H groups in total. The number of thioether (sulfide) groups is 1. The Morgan fingerprint density at radius 2 is 1.30 bits per heavy atom. The predicted octanol–water partition coefficient (Wildman–Crippen LogP) is 6.43. The molecule has 238 valence electrons. The normalized spacial score (nSPS) is 10.8. The molecule has 0 fully saturated rings. The number of nitrogens with one attached hydrogen (secondary N) is 2. The maximum absolute atomic E-state index is 13.4. The second-order valence-electron chi connectivity index (χ2n) is 9.68. The molecule has 0 atom stereocenters. The van der Waals surface area contributed by atoms with Crippen LogP contribution in [0.5, 0.6) is 0 Å². The number of rotatable bonds is 9. The van der Waals surface area contributed by atoms with Crippen molar-refractivity contribution < 1.29 is 26.6 Å². The minimum Gasteiger partial charge on any atom is -1.00 e. The zero-order chi connectivity index (χ0) is 32.2. The zero-order valence-corrected chi connectivity index (χ0v) is 29.7. The van der Waals surface area contributed by atoms with Gasteiger partial charge in [-0.1, -0.05) is 105 Å². The molecule has 0 radical (unpaired) electrons. The molecular weight excluding hydrogens is 755 g/mol. The summed E-state index contributed by atoms with van der Waals surface area (Å²) in [6.45, 7) is 1.78. The quantitative estimate of drug-likeness (QED) is 0.134. The third-order valence-electron chi connectivity index (χ3n) is 6.31. The second-order valence-corrected chi connectivity index (χ2v) is 13.1. The summed E-state index contributed by atoms with van der Waals surface area (Å²) in [5.41, 5.74) is 3.08. The number of nitrogens with zero attached hydrogens (tertiary/aromatic N) is 3. The molecule has 0 spiro atoms. The molecule has 0 unspecified atom stereocenters. The Labute approximate surface area is 305 Å². The highest BCUT2D eigenvalue weighted by atomic mass is 35.5. The van der Waals surface area contributed by atoms with Gasteiger partial charge in [-0.05, 0) is 72.8 Å². The second kappa shape index (κ2) is 16.0. The molecule has 0 saturated carbocycles. The number of amides is 2. The summed E-state index contributed by atoms with van der Waals surface area (Å²) >= 11 is 38.4. The molecule has 0 bridgehead atoms. The molecule has 0 saturated heterocycles. The maximum Gasteiger partial charge on any atom is 0.342 e. The molecule has 5 aromatic rings. The van der Waals surface area contributed by atoms with Gasteiger partial charge in [0.05, 0.1) is 47.9 Å². The molecule has 0 aliphatic heterocycles. The fourth-order valence-corrected chi connectivity index (χ4v) is 7.05. The minimum absolute atomic E-state index is 0. The van der Waals surface area contributed by atoms with Crippen LogP contribution in [0.25, 0.3) is 17.1 Å². The lowest BCUT2D eigenvalue weighted by molar-refractivity contribution is -0.625. The van der Waals surface area contributed by atoms with Crippen LogP contribution in [0.15, 0.2) is 84.0 Å². The molecule has 1 aromatic heterocycles. The van der Waals surface area contributed by atoms with E-state index in [2.05, 4.69) is 10.6 Å². The van der Waals surface area contributed by atoms with Crippen LogP contribution >= 0.6 is 81.4 Å². The number of hydrogen-bond acceptors (Lipinski definition) is 4. The standard InChI is InChI=1S/C31H21Cl6N5O2S.ClH/c1-17-6-5-9-21(10-17)42-30(18-7-3-2-4-8-18)41(15-26(43)38-28-22(34)11-19(32)12-23(28)35)40-31(42)45-16-27(44)39-29-24(36)13-20(33)14-25(29)37;/h2-14H,15-16H2,1H3,(H-,38,39,43,44);1H. The summed E-state index contributed by atoms with van der Waals surface area (Å²) < 4.78 is 3.47.